The molecule has 15 heteroatoms. The Morgan fingerprint density at radius 2 is 1.37 bits per heavy atom. The third-order valence-electron chi connectivity index (χ3n) is 7.93. The van der Waals surface area contributed by atoms with Gasteiger partial charge in [-0.1, -0.05) is 67.8 Å². The lowest BCUT2D eigenvalue weighted by Gasteiger charge is -2.26. The molecule has 0 aliphatic rings. The lowest BCUT2D eigenvalue weighted by atomic mass is 10.0. The fourth-order valence-electron chi connectivity index (χ4n) is 5.21. The molecular weight excluding hydrogens is 714 g/mol. The number of unbranched alkanes of at least 4 members (excludes halogenated alkanes) is 1. The second-order valence-electron chi connectivity index (χ2n) is 12.4. The van der Waals surface area contributed by atoms with E-state index in [1.54, 1.807) is 30.3 Å². The van der Waals surface area contributed by atoms with Gasteiger partial charge in [0, 0.05) is 19.9 Å². The van der Waals surface area contributed by atoms with Crippen LogP contribution in [-0.4, -0.2) is 73.5 Å². The molecule has 0 spiro atoms. The monoisotopic (exact) mass is 769 g/mol. The number of benzene rings is 2. The van der Waals surface area contributed by atoms with E-state index in [0.29, 0.717) is 44.7 Å². The van der Waals surface area contributed by atoms with E-state index >= 15 is 0 Å². The van der Waals surface area contributed by atoms with E-state index in [-0.39, 0.29) is 50.5 Å². The summed E-state index contributed by atoms with van der Waals surface area (Å²) in [6.07, 6.45) is 5.44. The van der Waals surface area contributed by atoms with Crippen molar-refractivity contribution >= 4 is 29.6 Å². The van der Waals surface area contributed by atoms with Crippen LogP contribution in [0.3, 0.4) is 0 Å². The number of carbonyl (C=O) groups is 5. The molecule has 2 rings (SSSR count). The maximum absolute atomic E-state index is 13.9. The number of ether oxygens (including phenoxy) is 2. The van der Waals surface area contributed by atoms with Gasteiger partial charge in [-0.3, -0.25) is 19.2 Å². The Labute approximate surface area is 324 Å². The number of carbonyl (C=O) groups excluding carboxylic acids is 5. The van der Waals surface area contributed by atoms with E-state index in [4.69, 9.17) is 15.2 Å². The second-order valence-corrected chi connectivity index (χ2v) is 12.4. The molecule has 0 aliphatic heterocycles. The fraction of sp³-hybridized carbons (Fsp3) is 0.410. The van der Waals surface area contributed by atoms with Gasteiger partial charge in [-0.2, -0.15) is 0 Å². The number of halogens is 1. The van der Waals surface area contributed by atoms with Crippen LogP contribution in [0, 0.1) is 0 Å². The van der Waals surface area contributed by atoms with Crippen molar-refractivity contribution in [1.82, 2.24) is 26.6 Å². The highest BCUT2D eigenvalue weighted by molar-refractivity contribution is 5.95. The molecule has 0 heterocycles. The zero-order chi connectivity index (χ0) is 39.0. The predicted molar refractivity (Wildman–Crippen MR) is 202 cm³/mol. The van der Waals surface area contributed by atoms with Crippen molar-refractivity contribution < 1.29 is 51.6 Å². The Morgan fingerprint density at radius 3 is 1.93 bits per heavy atom. The second kappa shape index (κ2) is 26.4. The van der Waals surface area contributed by atoms with E-state index in [9.17, 15) is 24.0 Å². The van der Waals surface area contributed by atoms with Gasteiger partial charge in [0.05, 0.1) is 12.4 Å². The van der Waals surface area contributed by atoms with E-state index in [0.717, 1.165) is 11.1 Å². The molecule has 0 fully saturated rings. The summed E-state index contributed by atoms with van der Waals surface area (Å²) in [6.45, 7) is 13.6. The molecule has 54 heavy (non-hydrogen) atoms. The molecule has 2 aromatic rings. The lowest BCUT2D eigenvalue weighted by Crippen LogP contribution is -3.00. The number of nitrogens with one attached hydrogen (secondary N) is 5. The zero-order valence-corrected chi connectivity index (χ0v) is 31.8. The van der Waals surface area contributed by atoms with Gasteiger partial charge >= 0.3 is 5.97 Å². The molecule has 4 amide bonds. The molecule has 0 aliphatic carbocycles. The normalized spacial score (nSPS) is 12.6. The molecular formula is C39H56ClN7O7. The number of quaternary nitrogens is 1. The summed E-state index contributed by atoms with van der Waals surface area (Å²) >= 11 is 0. The number of amides is 4. The quantitative estimate of drug-likeness (QED) is 0.0329. The van der Waals surface area contributed by atoms with Crippen molar-refractivity contribution in [3.8, 4) is 5.75 Å². The maximum atomic E-state index is 13.9. The Balaban J connectivity index is 0.0000146. The van der Waals surface area contributed by atoms with Gasteiger partial charge in [0.1, 0.15) is 43.1 Å². The number of hydrogen-bond donors (Lipinski definition) is 7. The van der Waals surface area contributed by atoms with Crippen LogP contribution in [0.5, 0.6) is 5.75 Å². The molecule has 14 nitrogen and oxygen atoms in total. The van der Waals surface area contributed by atoms with Crippen molar-refractivity contribution in [2.24, 2.45) is 5.73 Å². The van der Waals surface area contributed by atoms with Gasteiger partial charge in [-0.05, 0) is 61.8 Å². The first-order valence-corrected chi connectivity index (χ1v) is 17.8. The molecule has 4 atom stereocenters. The SMILES string of the molecule is C=CCOc1ccc(C[C@H](NC(C)=O)C(=O)N[C@H](CCCC[NH3+])C(=O)N[C@H](CCCNC(=C)N)C(=O)N[C@@H](CC=C)C(=O)OCc2ccccc2)cc1.[Cl-]. The molecule has 0 bridgehead atoms. The van der Waals surface area contributed by atoms with E-state index in [2.05, 4.69) is 52.1 Å². The molecule has 2 aromatic carbocycles. The molecule has 0 unspecified atom stereocenters. The number of hydrogen-bond acceptors (Lipinski definition) is 9. The van der Waals surface area contributed by atoms with Gasteiger partial charge < -0.3 is 59.9 Å². The van der Waals surface area contributed by atoms with Gasteiger partial charge in [0.2, 0.25) is 23.6 Å². The summed E-state index contributed by atoms with van der Waals surface area (Å²) in [6, 6.07) is 12.0. The Morgan fingerprint density at radius 1 is 0.778 bits per heavy atom. The summed E-state index contributed by atoms with van der Waals surface area (Å²) < 4.78 is 11.0. The maximum Gasteiger partial charge on any atom is 0.329 e. The number of esters is 1. The summed E-state index contributed by atoms with van der Waals surface area (Å²) in [4.78, 5) is 66.4. The summed E-state index contributed by atoms with van der Waals surface area (Å²) in [5, 5.41) is 13.9. The molecule has 0 saturated heterocycles. The predicted octanol–water partition coefficient (Wildman–Crippen LogP) is -1.71. The van der Waals surface area contributed by atoms with Crippen LogP contribution >= 0.6 is 0 Å². The van der Waals surface area contributed by atoms with E-state index < -0.39 is 53.8 Å². The first-order valence-electron chi connectivity index (χ1n) is 17.8. The highest BCUT2D eigenvalue weighted by Crippen LogP contribution is 2.14. The summed E-state index contributed by atoms with van der Waals surface area (Å²) in [5.41, 5.74) is 11.0. The smallest absolute Gasteiger partial charge is 0.329 e. The average molecular weight is 770 g/mol. The van der Waals surface area contributed by atoms with E-state index in [1.165, 1.54) is 13.0 Å². The third kappa shape index (κ3) is 18.4. The molecule has 296 valence electrons. The zero-order valence-electron chi connectivity index (χ0n) is 31.1. The molecule has 0 aromatic heterocycles. The van der Waals surface area contributed by atoms with Crippen LogP contribution < -0.4 is 55.2 Å². The summed E-state index contributed by atoms with van der Waals surface area (Å²) in [7, 11) is 0. The lowest BCUT2D eigenvalue weighted by molar-refractivity contribution is -0.368. The van der Waals surface area contributed by atoms with Gasteiger partial charge in [0.15, 0.2) is 0 Å². The Bertz CT molecular complexity index is 1510. The first-order chi connectivity index (χ1) is 25.5. The van der Waals surface area contributed by atoms with Crippen LogP contribution in [-0.2, 0) is 41.7 Å². The minimum Gasteiger partial charge on any atom is -1.00 e. The van der Waals surface area contributed by atoms with Crippen molar-refractivity contribution in [3.05, 3.63) is 103 Å². The highest BCUT2D eigenvalue weighted by atomic mass is 35.5. The van der Waals surface area contributed by atoms with Crippen LogP contribution in [0.15, 0.2) is 92.3 Å². The average Bonchev–Trinajstić information content (AvgIpc) is 3.13. The van der Waals surface area contributed by atoms with Crippen LogP contribution in [0.2, 0.25) is 0 Å². The van der Waals surface area contributed by atoms with Crippen molar-refractivity contribution in [2.75, 3.05) is 19.7 Å². The number of rotatable bonds is 26. The number of nitrogens with two attached hydrogens (primary N) is 1. The largest absolute Gasteiger partial charge is 1.00 e. The van der Waals surface area contributed by atoms with Crippen LogP contribution in [0.1, 0.15) is 56.6 Å². The van der Waals surface area contributed by atoms with Crippen molar-refractivity contribution in [1.29, 1.82) is 0 Å². The first kappa shape index (κ1) is 46.7. The molecule has 0 radical (unpaired) electrons. The topological polar surface area (TPSA) is 218 Å². The molecule has 10 N–H and O–H groups in total. The van der Waals surface area contributed by atoms with Crippen molar-refractivity contribution in [2.45, 2.75) is 82.6 Å². The minimum atomic E-state index is -1.09. The Hall–Kier alpha value is -5.34. The van der Waals surface area contributed by atoms with Crippen molar-refractivity contribution in [3.63, 3.8) is 0 Å². The van der Waals surface area contributed by atoms with Gasteiger partial charge in [-0.15, -0.1) is 6.58 Å². The third-order valence-corrected chi connectivity index (χ3v) is 7.93. The molecule has 0 saturated carbocycles. The van der Waals surface area contributed by atoms with Gasteiger partial charge in [-0.25, -0.2) is 4.79 Å². The fourth-order valence-corrected chi connectivity index (χ4v) is 5.21. The summed E-state index contributed by atoms with van der Waals surface area (Å²) in [5.74, 6) is -1.99. The Kier molecular flexibility index (Phi) is 22.8. The van der Waals surface area contributed by atoms with Gasteiger partial charge in [0.25, 0.3) is 0 Å². The standard InChI is InChI=1S/C39H55N7O7.ClH/c1-5-13-34(39(51)53-26-30-14-8-7-9-15-30)46-37(49)33(17-12-23-42-27(3)41)44-36(48)32(16-10-11-22-40)45-38(50)35(43-28(4)47)25-29-18-20-31(21-19-29)52-24-6-2;/h5-9,14-15,18-21,32-35,42H,1-3,10-13,16-17,22-26,40-41H2,4H3,(H,43,47)(H,44,48)(H,45,50)(H,46,49);1H/t32-,33-,34+,35+;/m1./s1. The highest BCUT2D eigenvalue weighted by Gasteiger charge is 2.31. The van der Waals surface area contributed by atoms with Crippen LogP contribution in [0.4, 0.5) is 0 Å². The van der Waals surface area contributed by atoms with E-state index in [1.807, 2.05) is 30.3 Å². The minimum absolute atomic E-state index is 0. The van der Waals surface area contributed by atoms with Crippen LogP contribution in [0.25, 0.3) is 0 Å².